The van der Waals surface area contributed by atoms with Gasteiger partial charge in [-0.2, -0.15) is 5.10 Å². The lowest BCUT2D eigenvalue weighted by molar-refractivity contribution is 0.318. The van der Waals surface area contributed by atoms with E-state index in [1.807, 2.05) is 49.6 Å². The van der Waals surface area contributed by atoms with Crippen LogP contribution >= 0.6 is 27.3 Å². The first kappa shape index (κ1) is 21.1. The first-order chi connectivity index (χ1) is 14.0. The van der Waals surface area contributed by atoms with Crippen LogP contribution in [0.3, 0.4) is 0 Å². The quantitative estimate of drug-likeness (QED) is 0.368. The Labute approximate surface area is 182 Å². The van der Waals surface area contributed by atoms with Crippen molar-refractivity contribution in [2.24, 2.45) is 10.1 Å². The van der Waals surface area contributed by atoms with E-state index in [4.69, 9.17) is 4.74 Å². The molecule has 2 aromatic carbocycles. The van der Waals surface area contributed by atoms with Gasteiger partial charge in [-0.25, -0.2) is 4.68 Å². The third-order valence-corrected chi connectivity index (χ3v) is 5.28. The van der Waals surface area contributed by atoms with Crippen molar-refractivity contribution in [3.63, 3.8) is 0 Å². The molecule has 0 amide bonds. The molecular weight excluding hydrogens is 450 g/mol. The molecule has 0 fully saturated rings. The van der Waals surface area contributed by atoms with Crippen molar-refractivity contribution >= 4 is 33.5 Å². The topological polar surface area (TPSA) is 59.1 Å². The molecule has 1 heterocycles. The third-order valence-electron chi connectivity index (χ3n) is 3.93. The van der Waals surface area contributed by atoms with E-state index in [0.717, 1.165) is 26.1 Å². The molecule has 0 aliphatic heterocycles. The number of hydrogen-bond donors (Lipinski definition) is 1. The van der Waals surface area contributed by atoms with Crippen LogP contribution in [0.25, 0.3) is 11.3 Å². The summed E-state index contributed by atoms with van der Waals surface area (Å²) in [7, 11) is 0. The molecular formula is C22H22BrN3O2S. The maximum absolute atomic E-state index is 10.5. The maximum atomic E-state index is 10.5. The summed E-state index contributed by atoms with van der Waals surface area (Å²) in [4.78, 5) is 5.37. The second-order valence-electron chi connectivity index (χ2n) is 6.37. The van der Waals surface area contributed by atoms with Gasteiger partial charge in [-0.05, 0) is 38.1 Å². The first-order valence-corrected chi connectivity index (χ1v) is 10.8. The number of hydrogen-bond acceptors (Lipinski definition) is 5. The van der Waals surface area contributed by atoms with E-state index in [2.05, 4.69) is 32.6 Å². The Bertz CT molecular complexity index is 1120. The van der Waals surface area contributed by atoms with Crippen LogP contribution in [-0.4, -0.2) is 29.1 Å². The molecule has 150 valence electrons. The first-order valence-electron chi connectivity index (χ1n) is 9.10. The Kier molecular flexibility index (Phi) is 7.06. The van der Waals surface area contributed by atoms with E-state index in [0.29, 0.717) is 24.5 Å². The highest BCUT2D eigenvalue weighted by molar-refractivity contribution is 9.10. The normalized spacial score (nSPS) is 11.9. The van der Waals surface area contributed by atoms with E-state index in [1.54, 1.807) is 23.0 Å². The molecule has 0 aliphatic carbocycles. The number of ether oxygens (including phenoxy) is 1. The number of rotatable bonds is 7. The van der Waals surface area contributed by atoms with Crippen molar-refractivity contribution in [1.82, 2.24) is 4.68 Å². The van der Waals surface area contributed by atoms with E-state index in [-0.39, 0.29) is 5.75 Å². The van der Waals surface area contributed by atoms with Crippen molar-refractivity contribution in [1.29, 1.82) is 0 Å². The predicted octanol–water partition coefficient (Wildman–Crippen LogP) is 5.44. The minimum absolute atomic E-state index is 0.0679. The fourth-order valence-electron chi connectivity index (χ4n) is 2.60. The molecule has 0 unspecified atom stereocenters. The molecule has 3 rings (SSSR count). The van der Waals surface area contributed by atoms with Gasteiger partial charge < -0.3 is 9.84 Å². The van der Waals surface area contributed by atoms with Crippen molar-refractivity contribution in [3.8, 4) is 22.8 Å². The number of para-hydroxylation sites is 1. The van der Waals surface area contributed by atoms with E-state index >= 15 is 0 Å². The van der Waals surface area contributed by atoms with E-state index in [9.17, 15) is 5.11 Å². The average Bonchev–Trinajstić information content (AvgIpc) is 3.10. The third kappa shape index (κ3) is 5.25. The fourth-order valence-corrected chi connectivity index (χ4v) is 3.84. The van der Waals surface area contributed by atoms with Crippen molar-refractivity contribution in [2.45, 2.75) is 13.8 Å². The Balaban J connectivity index is 2.08. The Hall–Kier alpha value is -2.64. The summed E-state index contributed by atoms with van der Waals surface area (Å²) in [6, 6.07) is 13.4. The number of aromatic nitrogens is 1. The number of phenols is 1. The summed E-state index contributed by atoms with van der Waals surface area (Å²) in [5, 5.41) is 17.1. The summed E-state index contributed by atoms with van der Waals surface area (Å²) in [5.41, 5.74) is 3.46. The molecule has 1 aromatic heterocycles. The summed E-state index contributed by atoms with van der Waals surface area (Å²) < 4.78 is 8.22. The lowest BCUT2D eigenvalue weighted by atomic mass is 10.2. The highest BCUT2D eigenvalue weighted by Gasteiger charge is 2.10. The minimum Gasteiger partial charge on any atom is -0.504 e. The van der Waals surface area contributed by atoms with E-state index < -0.39 is 0 Å². The van der Waals surface area contributed by atoms with E-state index in [1.165, 1.54) is 11.3 Å². The number of thiazole rings is 1. The van der Waals surface area contributed by atoms with Crippen molar-refractivity contribution in [3.05, 3.63) is 74.8 Å². The van der Waals surface area contributed by atoms with Gasteiger partial charge >= 0.3 is 0 Å². The molecule has 29 heavy (non-hydrogen) atoms. The largest absolute Gasteiger partial charge is 0.504 e. The number of phenolic OH excluding ortho intramolecular Hbond substituents is 1. The summed E-state index contributed by atoms with van der Waals surface area (Å²) in [6.45, 7) is 8.74. The average molecular weight is 472 g/mol. The minimum atomic E-state index is 0.0679. The molecule has 0 atom stereocenters. The van der Waals surface area contributed by atoms with Crippen LogP contribution in [0, 0.1) is 0 Å². The van der Waals surface area contributed by atoms with Gasteiger partial charge in [0.05, 0.1) is 25.1 Å². The molecule has 0 spiro atoms. The predicted molar refractivity (Wildman–Crippen MR) is 123 cm³/mol. The van der Waals surface area contributed by atoms with Gasteiger partial charge in [0, 0.05) is 21.0 Å². The molecule has 0 radical (unpaired) electrons. The number of halogens is 1. The zero-order valence-corrected chi connectivity index (χ0v) is 18.7. The Morgan fingerprint density at radius 2 is 2.10 bits per heavy atom. The van der Waals surface area contributed by atoms with Crippen molar-refractivity contribution < 1.29 is 9.84 Å². The lowest BCUT2D eigenvalue weighted by Crippen LogP contribution is -2.13. The van der Waals surface area contributed by atoms with Gasteiger partial charge in [-0.15, -0.1) is 11.3 Å². The molecule has 1 N–H and O–H groups in total. The van der Waals surface area contributed by atoms with Gasteiger partial charge in [-0.3, -0.25) is 4.99 Å². The molecule has 0 aliphatic rings. The van der Waals surface area contributed by atoms with Gasteiger partial charge in [0.2, 0.25) is 4.80 Å². The van der Waals surface area contributed by atoms with Gasteiger partial charge in [-0.1, -0.05) is 46.3 Å². The number of aromatic hydroxyl groups is 1. The smallest absolute Gasteiger partial charge is 0.206 e. The summed E-state index contributed by atoms with van der Waals surface area (Å²) in [6.07, 6.45) is 1.62. The molecule has 7 heteroatoms. The van der Waals surface area contributed by atoms with Gasteiger partial charge in [0.25, 0.3) is 0 Å². The fraction of sp³-hybridized carbons (Fsp3) is 0.182. The monoisotopic (exact) mass is 471 g/mol. The zero-order chi connectivity index (χ0) is 20.8. The highest BCUT2D eigenvalue weighted by atomic mass is 79.9. The van der Waals surface area contributed by atoms with Gasteiger partial charge in [0.15, 0.2) is 11.5 Å². The van der Waals surface area contributed by atoms with Crippen LogP contribution in [0.4, 0.5) is 0 Å². The van der Waals surface area contributed by atoms with Crippen LogP contribution in [0.5, 0.6) is 11.5 Å². The Morgan fingerprint density at radius 3 is 2.83 bits per heavy atom. The van der Waals surface area contributed by atoms with Crippen LogP contribution < -0.4 is 9.54 Å². The standard InChI is InChI=1S/C22H22BrN3O2S/c1-4-28-20-10-6-8-17(21(20)27)13-25-26-19(16-7-5-9-18(23)11-16)14-29-22(26)24-12-15(2)3/h5-11,13-14,27H,2,4,12H2,1,3H3. The summed E-state index contributed by atoms with van der Waals surface area (Å²) in [5.74, 6) is 0.504. The molecule has 0 bridgehead atoms. The Morgan fingerprint density at radius 1 is 1.31 bits per heavy atom. The molecule has 3 aromatic rings. The maximum Gasteiger partial charge on any atom is 0.206 e. The highest BCUT2D eigenvalue weighted by Crippen LogP contribution is 2.29. The van der Waals surface area contributed by atoms with Crippen LogP contribution in [0.1, 0.15) is 19.4 Å². The zero-order valence-electron chi connectivity index (χ0n) is 16.3. The van der Waals surface area contributed by atoms with Crippen molar-refractivity contribution in [2.75, 3.05) is 13.2 Å². The van der Waals surface area contributed by atoms with Gasteiger partial charge in [0.1, 0.15) is 0 Å². The molecule has 0 saturated heterocycles. The number of benzene rings is 2. The van der Waals surface area contributed by atoms with Crippen LogP contribution in [-0.2, 0) is 0 Å². The lowest BCUT2D eigenvalue weighted by Gasteiger charge is -2.08. The molecule has 0 saturated carbocycles. The van der Waals surface area contributed by atoms with Crippen LogP contribution in [0.2, 0.25) is 0 Å². The van der Waals surface area contributed by atoms with Crippen LogP contribution in [0.15, 0.2) is 74.6 Å². The number of nitrogens with zero attached hydrogens (tertiary/aromatic N) is 3. The summed E-state index contributed by atoms with van der Waals surface area (Å²) >= 11 is 5.03. The second kappa shape index (κ2) is 9.71. The second-order valence-corrected chi connectivity index (χ2v) is 8.12. The SMILES string of the molecule is C=C(C)CN=c1scc(-c2cccc(Br)c2)n1N=Cc1cccc(OCC)c1O. The molecule has 5 nitrogen and oxygen atoms in total.